The summed E-state index contributed by atoms with van der Waals surface area (Å²) >= 11 is 1.67. The van der Waals surface area contributed by atoms with Gasteiger partial charge in [-0.2, -0.15) is 0 Å². The Hall–Kier alpha value is -2.15. The van der Waals surface area contributed by atoms with Crippen LogP contribution in [0.25, 0.3) is 0 Å². The minimum absolute atomic E-state index is 0.688. The van der Waals surface area contributed by atoms with Crippen LogP contribution >= 0.6 is 11.3 Å². The molecule has 0 atom stereocenters. The molecule has 0 aromatic carbocycles. The second-order valence-corrected chi connectivity index (χ2v) is 6.60. The molecule has 0 amide bonds. The third-order valence-corrected chi connectivity index (χ3v) is 4.18. The standard InChI is InChI=1S/C16H24N6S/c1-12-20-14(11-23-12)10-22(5)16(17-2)19-9-13-6-7-15(18-8-13)21(3)4/h6-8,11H,9-10H2,1-5H3,(H,17,19). The molecule has 0 bridgehead atoms. The minimum atomic E-state index is 0.688. The van der Waals surface area contributed by atoms with Crippen molar-refractivity contribution in [3.05, 3.63) is 40.0 Å². The van der Waals surface area contributed by atoms with Gasteiger partial charge in [-0.3, -0.25) is 4.99 Å². The number of nitrogens with one attached hydrogen (secondary N) is 1. The van der Waals surface area contributed by atoms with Crippen LogP contribution in [-0.2, 0) is 13.1 Å². The van der Waals surface area contributed by atoms with Crippen LogP contribution in [0.4, 0.5) is 5.82 Å². The van der Waals surface area contributed by atoms with Crippen LogP contribution in [0.5, 0.6) is 0 Å². The summed E-state index contributed by atoms with van der Waals surface area (Å²) in [7, 11) is 7.77. The van der Waals surface area contributed by atoms with Crippen LogP contribution in [-0.4, -0.2) is 49.0 Å². The van der Waals surface area contributed by atoms with E-state index in [1.807, 2.05) is 45.2 Å². The van der Waals surface area contributed by atoms with Crippen LogP contribution in [0.15, 0.2) is 28.7 Å². The molecule has 23 heavy (non-hydrogen) atoms. The minimum Gasteiger partial charge on any atom is -0.363 e. The van der Waals surface area contributed by atoms with E-state index in [1.54, 1.807) is 18.4 Å². The number of guanidine groups is 1. The van der Waals surface area contributed by atoms with Crippen molar-refractivity contribution in [2.45, 2.75) is 20.0 Å². The van der Waals surface area contributed by atoms with Crippen molar-refractivity contribution < 1.29 is 0 Å². The molecule has 0 fully saturated rings. The van der Waals surface area contributed by atoms with Gasteiger partial charge >= 0.3 is 0 Å². The number of aliphatic imine (C=N–C) groups is 1. The molecule has 1 N–H and O–H groups in total. The molecule has 2 rings (SSSR count). The maximum Gasteiger partial charge on any atom is 0.194 e. The number of hydrogen-bond acceptors (Lipinski definition) is 5. The Balaban J connectivity index is 1.91. The van der Waals surface area contributed by atoms with Crippen LogP contribution in [0.3, 0.4) is 0 Å². The summed E-state index contributed by atoms with van der Waals surface area (Å²) < 4.78 is 0. The number of hydrogen-bond donors (Lipinski definition) is 1. The van der Waals surface area contributed by atoms with Gasteiger partial charge in [0, 0.05) is 46.3 Å². The summed E-state index contributed by atoms with van der Waals surface area (Å²) in [6, 6.07) is 4.09. The van der Waals surface area contributed by atoms with E-state index in [2.05, 4.69) is 36.6 Å². The molecule has 0 radical (unpaired) electrons. The van der Waals surface area contributed by atoms with Crippen LogP contribution in [0, 0.1) is 6.92 Å². The lowest BCUT2D eigenvalue weighted by molar-refractivity contribution is 0.470. The molecule has 2 aromatic heterocycles. The van der Waals surface area contributed by atoms with E-state index in [0.29, 0.717) is 6.54 Å². The topological polar surface area (TPSA) is 56.7 Å². The van der Waals surface area contributed by atoms with Gasteiger partial charge in [0.05, 0.1) is 17.2 Å². The van der Waals surface area contributed by atoms with Crippen molar-refractivity contribution in [3.8, 4) is 0 Å². The number of nitrogens with zero attached hydrogens (tertiary/aromatic N) is 5. The molecular formula is C16H24N6S. The Morgan fingerprint density at radius 3 is 2.61 bits per heavy atom. The average molecular weight is 332 g/mol. The predicted octanol–water partition coefficient (Wildman–Crippen LogP) is 2.12. The Labute approximate surface area is 141 Å². The molecule has 0 aliphatic carbocycles. The zero-order chi connectivity index (χ0) is 16.8. The first-order valence-corrected chi connectivity index (χ1v) is 8.32. The van der Waals surface area contributed by atoms with Crippen molar-refractivity contribution in [1.29, 1.82) is 0 Å². The normalized spacial score (nSPS) is 11.4. The fourth-order valence-corrected chi connectivity index (χ4v) is 2.75. The summed E-state index contributed by atoms with van der Waals surface area (Å²) in [5, 5.41) is 6.53. The summed E-state index contributed by atoms with van der Waals surface area (Å²) in [5.41, 5.74) is 2.18. The molecule has 0 spiro atoms. The van der Waals surface area contributed by atoms with Crippen molar-refractivity contribution in [1.82, 2.24) is 20.2 Å². The SMILES string of the molecule is CN=C(NCc1ccc(N(C)C)nc1)N(C)Cc1csc(C)n1. The number of anilines is 1. The number of aromatic nitrogens is 2. The fourth-order valence-electron chi connectivity index (χ4n) is 2.15. The van der Waals surface area contributed by atoms with Gasteiger partial charge in [0.15, 0.2) is 5.96 Å². The average Bonchev–Trinajstić information content (AvgIpc) is 2.93. The van der Waals surface area contributed by atoms with Gasteiger partial charge in [-0.05, 0) is 18.6 Å². The molecule has 0 unspecified atom stereocenters. The van der Waals surface area contributed by atoms with Gasteiger partial charge in [-0.15, -0.1) is 11.3 Å². The van der Waals surface area contributed by atoms with Gasteiger partial charge in [0.1, 0.15) is 5.82 Å². The Bertz CT molecular complexity index is 647. The summed E-state index contributed by atoms with van der Waals surface area (Å²) in [5.74, 6) is 1.79. The van der Waals surface area contributed by atoms with Crippen molar-refractivity contribution in [2.24, 2.45) is 4.99 Å². The smallest absolute Gasteiger partial charge is 0.194 e. The first-order valence-electron chi connectivity index (χ1n) is 7.44. The van der Waals surface area contributed by atoms with E-state index in [0.717, 1.165) is 34.6 Å². The number of rotatable bonds is 5. The van der Waals surface area contributed by atoms with Gasteiger partial charge in [0.25, 0.3) is 0 Å². The summed E-state index contributed by atoms with van der Waals surface area (Å²) in [4.78, 5) is 17.3. The van der Waals surface area contributed by atoms with Gasteiger partial charge < -0.3 is 15.1 Å². The quantitative estimate of drug-likeness (QED) is 0.671. The lowest BCUT2D eigenvalue weighted by atomic mass is 10.3. The highest BCUT2D eigenvalue weighted by molar-refractivity contribution is 7.09. The predicted molar refractivity (Wildman–Crippen MR) is 97.1 cm³/mol. The van der Waals surface area contributed by atoms with Crippen molar-refractivity contribution in [3.63, 3.8) is 0 Å². The fraction of sp³-hybridized carbons (Fsp3) is 0.438. The summed E-state index contributed by atoms with van der Waals surface area (Å²) in [6.07, 6.45) is 1.89. The molecule has 124 valence electrons. The monoisotopic (exact) mass is 332 g/mol. The lowest BCUT2D eigenvalue weighted by Gasteiger charge is -2.21. The second-order valence-electron chi connectivity index (χ2n) is 5.53. The van der Waals surface area contributed by atoms with Gasteiger partial charge in [-0.1, -0.05) is 6.07 Å². The van der Waals surface area contributed by atoms with E-state index in [-0.39, 0.29) is 0 Å². The Kier molecular flexibility index (Phi) is 5.92. The maximum absolute atomic E-state index is 4.49. The largest absolute Gasteiger partial charge is 0.363 e. The molecule has 0 saturated carbocycles. The molecule has 6 nitrogen and oxygen atoms in total. The van der Waals surface area contributed by atoms with E-state index in [1.165, 1.54) is 0 Å². The maximum atomic E-state index is 4.49. The van der Waals surface area contributed by atoms with Crippen molar-refractivity contribution >= 4 is 23.1 Å². The lowest BCUT2D eigenvalue weighted by Crippen LogP contribution is -2.38. The first kappa shape index (κ1) is 17.2. The molecule has 7 heteroatoms. The molecule has 2 aromatic rings. The molecular weight excluding hydrogens is 308 g/mol. The zero-order valence-electron chi connectivity index (χ0n) is 14.4. The van der Waals surface area contributed by atoms with E-state index >= 15 is 0 Å². The van der Waals surface area contributed by atoms with Gasteiger partial charge in [0.2, 0.25) is 0 Å². The molecule has 0 saturated heterocycles. The Morgan fingerprint density at radius 2 is 2.09 bits per heavy atom. The number of thiazole rings is 1. The summed E-state index contributed by atoms with van der Waals surface area (Å²) in [6.45, 7) is 3.45. The first-order chi connectivity index (χ1) is 11.0. The van der Waals surface area contributed by atoms with Crippen LogP contribution < -0.4 is 10.2 Å². The highest BCUT2D eigenvalue weighted by Crippen LogP contribution is 2.10. The third-order valence-electron chi connectivity index (χ3n) is 3.36. The van der Waals surface area contributed by atoms with E-state index < -0.39 is 0 Å². The van der Waals surface area contributed by atoms with E-state index in [9.17, 15) is 0 Å². The Morgan fingerprint density at radius 1 is 1.30 bits per heavy atom. The zero-order valence-corrected chi connectivity index (χ0v) is 15.2. The van der Waals surface area contributed by atoms with Crippen molar-refractivity contribution in [2.75, 3.05) is 33.1 Å². The third kappa shape index (κ3) is 4.92. The number of aryl methyl sites for hydroxylation is 1. The highest BCUT2D eigenvalue weighted by Gasteiger charge is 2.08. The molecule has 0 aliphatic heterocycles. The number of pyridine rings is 1. The van der Waals surface area contributed by atoms with E-state index in [4.69, 9.17) is 0 Å². The molecule has 2 heterocycles. The van der Waals surface area contributed by atoms with Gasteiger partial charge in [-0.25, -0.2) is 9.97 Å². The van der Waals surface area contributed by atoms with Crippen LogP contribution in [0.1, 0.15) is 16.3 Å². The highest BCUT2D eigenvalue weighted by atomic mass is 32.1. The second kappa shape index (κ2) is 7.92. The van der Waals surface area contributed by atoms with Crippen LogP contribution in [0.2, 0.25) is 0 Å². The molecule has 0 aliphatic rings.